The highest BCUT2D eigenvalue weighted by atomic mass is 16.5. The van der Waals surface area contributed by atoms with Crippen molar-refractivity contribution < 1.29 is 14.3 Å². The number of aromatic amines is 1. The fourth-order valence-corrected chi connectivity index (χ4v) is 3.36. The van der Waals surface area contributed by atoms with Gasteiger partial charge in [-0.15, -0.1) is 0 Å². The van der Waals surface area contributed by atoms with Gasteiger partial charge in [0.1, 0.15) is 0 Å². The second-order valence-corrected chi connectivity index (χ2v) is 6.27. The number of likely N-dealkylation sites (tertiary alicyclic amines) is 1. The Morgan fingerprint density at radius 1 is 1.25 bits per heavy atom. The van der Waals surface area contributed by atoms with E-state index in [9.17, 15) is 9.59 Å². The Bertz CT molecular complexity index is 714. The summed E-state index contributed by atoms with van der Waals surface area (Å²) in [5.74, 6) is -0.00593. The van der Waals surface area contributed by atoms with Gasteiger partial charge in [-0.05, 0) is 37.8 Å². The summed E-state index contributed by atoms with van der Waals surface area (Å²) in [7, 11) is 0. The molecule has 3 rings (SSSR count). The summed E-state index contributed by atoms with van der Waals surface area (Å²) in [6, 6.07) is 8.14. The van der Waals surface area contributed by atoms with Crippen molar-refractivity contribution in [1.29, 1.82) is 0 Å². The van der Waals surface area contributed by atoms with E-state index in [-0.39, 0.29) is 17.8 Å². The first kappa shape index (κ1) is 16.6. The van der Waals surface area contributed by atoms with Crippen LogP contribution in [-0.2, 0) is 20.7 Å². The van der Waals surface area contributed by atoms with Gasteiger partial charge in [0.15, 0.2) is 0 Å². The number of hydrogen-bond acceptors (Lipinski definition) is 3. The smallest absolute Gasteiger partial charge is 0.309 e. The Balaban J connectivity index is 1.50. The first-order chi connectivity index (χ1) is 11.7. The highest BCUT2D eigenvalue weighted by Gasteiger charge is 2.27. The first-order valence-corrected chi connectivity index (χ1v) is 8.68. The van der Waals surface area contributed by atoms with Gasteiger partial charge in [-0.1, -0.05) is 18.2 Å². The van der Waals surface area contributed by atoms with Crippen molar-refractivity contribution in [3.63, 3.8) is 0 Å². The maximum absolute atomic E-state index is 12.4. The molecule has 5 heteroatoms. The number of nitrogens with one attached hydrogen (secondary N) is 1. The van der Waals surface area contributed by atoms with Crippen LogP contribution in [-0.4, -0.2) is 41.5 Å². The number of H-pyrrole nitrogens is 1. The Kier molecular flexibility index (Phi) is 5.18. The highest BCUT2D eigenvalue weighted by molar-refractivity contribution is 5.84. The molecule has 0 unspecified atom stereocenters. The zero-order valence-electron chi connectivity index (χ0n) is 14.1. The maximum atomic E-state index is 12.4. The molecule has 0 atom stereocenters. The number of fused-ring (bicyclic) bond motifs is 1. The fraction of sp³-hybridized carbons (Fsp3) is 0.474. The zero-order chi connectivity index (χ0) is 16.9. The van der Waals surface area contributed by atoms with Crippen molar-refractivity contribution >= 4 is 22.8 Å². The van der Waals surface area contributed by atoms with Crippen molar-refractivity contribution in [2.75, 3.05) is 19.7 Å². The molecule has 1 fully saturated rings. The van der Waals surface area contributed by atoms with E-state index in [1.54, 1.807) is 0 Å². The molecular weight excluding hydrogens is 304 g/mol. The zero-order valence-corrected chi connectivity index (χ0v) is 14.1. The Hall–Kier alpha value is -2.30. The maximum Gasteiger partial charge on any atom is 0.309 e. The summed E-state index contributed by atoms with van der Waals surface area (Å²) >= 11 is 0. The van der Waals surface area contributed by atoms with E-state index in [1.165, 1.54) is 10.9 Å². The predicted molar refractivity (Wildman–Crippen MR) is 92.6 cm³/mol. The monoisotopic (exact) mass is 328 g/mol. The van der Waals surface area contributed by atoms with Crippen LogP contribution in [0.1, 0.15) is 31.7 Å². The van der Waals surface area contributed by atoms with Crippen LogP contribution in [0.2, 0.25) is 0 Å². The molecule has 1 N–H and O–H groups in total. The van der Waals surface area contributed by atoms with E-state index in [0.717, 1.165) is 11.9 Å². The largest absolute Gasteiger partial charge is 0.466 e. The van der Waals surface area contributed by atoms with Gasteiger partial charge in [-0.25, -0.2) is 0 Å². The SMILES string of the molecule is CCOC(=O)C1CCN(C(=O)CCc2c[nH]c3ccccc23)CC1. The number of ether oxygens (including phenoxy) is 1. The molecule has 5 nitrogen and oxygen atoms in total. The van der Waals surface area contributed by atoms with Crippen LogP contribution < -0.4 is 0 Å². The van der Waals surface area contributed by atoms with E-state index in [0.29, 0.717) is 39.0 Å². The predicted octanol–water partition coefficient (Wildman–Crippen LogP) is 2.90. The molecule has 1 aliphatic heterocycles. The molecule has 2 aromatic rings. The van der Waals surface area contributed by atoms with Crippen LogP contribution in [0.5, 0.6) is 0 Å². The molecule has 1 amide bonds. The molecular formula is C19H24N2O3. The molecule has 0 bridgehead atoms. The summed E-state index contributed by atoms with van der Waals surface area (Å²) in [6.07, 6.45) is 4.65. The number of aryl methyl sites for hydroxylation is 1. The van der Waals surface area contributed by atoms with E-state index < -0.39 is 0 Å². The van der Waals surface area contributed by atoms with Gasteiger partial charge in [0.05, 0.1) is 12.5 Å². The highest BCUT2D eigenvalue weighted by Crippen LogP contribution is 2.22. The molecule has 0 aliphatic carbocycles. The second-order valence-electron chi connectivity index (χ2n) is 6.27. The molecule has 1 saturated heterocycles. The lowest BCUT2D eigenvalue weighted by Gasteiger charge is -2.31. The summed E-state index contributed by atoms with van der Waals surface area (Å²) in [6.45, 7) is 3.54. The Morgan fingerprint density at radius 2 is 2.00 bits per heavy atom. The Labute approximate surface area is 142 Å². The number of amides is 1. The number of carbonyl (C=O) groups is 2. The van der Waals surface area contributed by atoms with Crippen molar-refractivity contribution in [3.8, 4) is 0 Å². The molecule has 1 aromatic heterocycles. The number of benzene rings is 1. The molecule has 1 aliphatic rings. The van der Waals surface area contributed by atoms with Crippen molar-refractivity contribution in [2.24, 2.45) is 5.92 Å². The number of piperidine rings is 1. The first-order valence-electron chi connectivity index (χ1n) is 8.68. The molecule has 1 aromatic carbocycles. The molecule has 24 heavy (non-hydrogen) atoms. The van der Waals surface area contributed by atoms with Crippen LogP contribution in [0.25, 0.3) is 10.9 Å². The van der Waals surface area contributed by atoms with Gasteiger partial charge in [0.2, 0.25) is 5.91 Å². The molecule has 0 radical (unpaired) electrons. The Morgan fingerprint density at radius 3 is 2.75 bits per heavy atom. The van der Waals surface area contributed by atoms with Crippen LogP contribution in [0.4, 0.5) is 0 Å². The van der Waals surface area contributed by atoms with E-state index in [4.69, 9.17) is 4.74 Å². The van der Waals surface area contributed by atoms with Crippen LogP contribution in [0.3, 0.4) is 0 Å². The number of esters is 1. The van der Waals surface area contributed by atoms with Crippen molar-refractivity contribution in [1.82, 2.24) is 9.88 Å². The lowest BCUT2D eigenvalue weighted by Crippen LogP contribution is -2.40. The minimum atomic E-state index is -0.122. The topological polar surface area (TPSA) is 62.4 Å². The number of rotatable bonds is 5. The van der Waals surface area contributed by atoms with E-state index in [1.807, 2.05) is 36.2 Å². The number of para-hydroxylation sites is 1. The molecule has 0 spiro atoms. The van der Waals surface area contributed by atoms with E-state index in [2.05, 4.69) is 11.1 Å². The quantitative estimate of drug-likeness (QED) is 0.859. The number of hydrogen-bond donors (Lipinski definition) is 1. The molecule has 0 saturated carbocycles. The summed E-state index contributed by atoms with van der Waals surface area (Å²) in [5, 5.41) is 1.19. The van der Waals surface area contributed by atoms with Gasteiger partial charge in [0.25, 0.3) is 0 Å². The van der Waals surface area contributed by atoms with Crippen LogP contribution >= 0.6 is 0 Å². The third-order valence-corrected chi connectivity index (χ3v) is 4.75. The van der Waals surface area contributed by atoms with Crippen LogP contribution in [0, 0.1) is 5.92 Å². The minimum absolute atomic E-state index is 0.0531. The summed E-state index contributed by atoms with van der Waals surface area (Å²) in [5.41, 5.74) is 2.29. The average molecular weight is 328 g/mol. The van der Waals surface area contributed by atoms with Crippen molar-refractivity contribution in [3.05, 3.63) is 36.0 Å². The van der Waals surface area contributed by atoms with Gasteiger partial charge >= 0.3 is 5.97 Å². The lowest BCUT2D eigenvalue weighted by atomic mass is 9.96. The van der Waals surface area contributed by atoms with Gasteiger partial charge in [-0.2, -0.15) is 0 Å². The number of aromatic nitrogens is 1. The fourth-order valence-electron chi connectivity index (χ4n) is 3.36. The minimum Gasteiger partial charge on any atom is -0.466 e. The van der Waals surface area contributed by atoms with Gasteiger partial charge in [-0.3, -0.25) is 9.59 Å². The average Bonchev–Trinajstić information content (AvgIpc) is 3.03. The number of carbonyl (C=O) groups excluding carboxylic acids is 2. The van der Waals surface area contributed by atoms with Crippen molar-refractivity contribution in [2.45, 2.75) is 32.6 Å². The van der Waals surface area contributed by atoms with Gasteiger partial charge in [0, 0.05) is 36.6 Å². The normalized spacial score (nSPS) is 15.6. The standard InChI is InChI=1S/C19H24N2O3/c1-2-24-19(23)14-9-11-21(12-10-14)18(22)8-7-15-13-20-17-6-4-3-5-16(15)17/h3-6,13-14,20H,2,7-12H2,1H3. The number of nitrogens with zero attached hydrogens (tertiary/aromatic N) is 1. The molecule has 2 heterocycles. The summed E-state index contributed by atoms with van der Waals surface area (Å²) in [4.78, 5) is 29.3. The summed E-state index contributed by atoms with van der Waals surface area (Å²) < 4.78 is 5.07. The van der Waals surface area contributed by atoms with Crippen LogP contribution in [0.15, 0.2) is 30.5 Å². The molecule has 128 valence electrons. The third kappa shape index (κ3) is 3.61. The second kappa shape index (κ2) is 7.51. The lowest BCUT2D eigenvalue weighted by molar-refractivity contribution is -0.151. The third-order valence-electron chi connectivity index (χ3n) is 4.75. The van der Waals surface area contributed by atoms with Gasteiger partial charge < -0.3 is 14.6 Å². The van der Waals surface area contributed by atoms with E-state index >= 15 is 0 Å².